The molecule has 0 spiro atoms. The van der Waals surface area contributed by atoms with Gasteiger partial charge in [0.05, 0.1) is 10.7 Å². The molecule has 2 rings (SSSR count). The van der Waals surface area contributed by atoms with E-state index in [1.54, 1.807) is 7.11 Å². The van der Waals surface area contributed by atoms with Gasteiger partial charge in [-0.05, 0) is 64.9 Å². The Labute approximate surface area is 155 Å². The molecule has 0 aliphatic heterocycles. The number of methoxy groups -OCH3 is 1. The predicted octanol–water partition coefficient (Wildman–Crippen LogP) is 4.89. The molecule has 0 aliphatic rings. The summed E-state index contributed by atoms with van der Waals surface area (Å²) >= 11 is 8.36. The summed E-state index contributed by atoms with van der Waals surface area (Å²) in [6, 6.07) is 9.81. The second-order valence-corrected chi connectivity index (χ2v) is 6.44. The highest BCUT2D eigenvalue weighted by atomic mass is 127. The van der Waals surface area contributed by atoms with Crippen LogP contribution in [0.5, 0.6) is 11.5 Å². The summed E-state index contributed by atoms with van der Waals surface area (Å²) in [5.74, 6) is 3.81. The Balaban J connectivity index is 2.19. The molecule has 0 fully saturated rings. The van der Waals surface area contributed by atoms with Crippen molar-refractivity contribution in [2.45, 2.75) is 13.5 Å². The maximum Gasteiger partial charge on any atom is 0.175 e. The average molecular weight is 442 g/mol. The van der Waals surface area contributed by atoms with Crippen LogP contribution >= 0.6 is 34.2 Å². The molecule has 0 radical (unpaired) electrons. The summed E-state index contributed by atoms with van der Waals surface area (Å²) < 4.78 is 11.9. The van der Waals surface area contributed by atoms with E-state index >= 15 is 0 Å². The van der Waals surface area contributed by atoms with Crippen molar-refractivity contribution in [1.82, 2.24) is 0 Å². The van der Waals surface area contributed by atoms with Gasteiger partial charge in [-0.25, -0.2) is 0 Å². The van der Waals surface area contributed by atoms with E-state index in [1.807, 2.05) is 37.3 Å². The van der Waals surface area contributed by atoms with Crippen LogP contribution in [-0.4, -0.2) is 13.7 Å². The van der Waals surface area contributed by atoms with Crippen LogP contribution in [0.15, 0.2) is 30.3 Å². The Kier molecular flexibility index (Phi) is 6.43. The summed E-state index contributed by atoms with van der Waals surface area (Å²) in [4.78, 5) is 0. The molecule has 2 aromatic carbocycles. The van der Waals surface area contributed by atoms with Crippen LogP contribution in [-0.2, 0) is 6.54 Å². The SMILES string of the molecule is C#CCOc1c(I)cc(CNc2cccc(Cl)c2C)cc1OC. The third-order valence-corrected chi connectivity index (χ3v) is 4.55. The first kappa shape index (κ1) is 17.8. The molecule has 3 nitrogen and oxygen atoms in total. The molecule has 0 unspecified atom stereocenters. The van der Waals surface area contributed by atoms with Gasteiger partial charge in [0.1, 0.15) is 6.61 Å². The highest BCUT2D eigenvalue weighted by Crippen LogP contribution is 2.34. The van der Waals surface area contributed by atoms with Gasteiger partial charge in [0.25, 0.3) is 0 Å². The fourth-order valence-corrected chi connectivity index (χ4v) is 3.12. The Bertz CT molecular complexity index is 741. The summed E-state index contributed by atoms with van der Waals surface area (Å²) in [7, 11) is 1.62. The lowest BCUT2D eigenvalue weighted by Crippen LogP contribution is -2.04. The van der Waals surface area contributed by atoms with Crippen LogP contribution in [0.3, 0.4) is 0 Å². The summed E-state index contributed by atoms with van der Waals surface area (Å²) in [5.41, 5.74) is 3.13. The van der Waals surface area contributed by atoms with E-state index in [0.717, 1.165) is 25.4 Å². The van der Waals surface area contributed by atoms with Crippen LogP contribution in [0.1, 0.15) is 11.1 Å². The lowest BCUT2D eigenvalue weighted by molar-refractivity contribution is 0.328. The first-order valence-corrected chi connectivity index (χ1v) is 8.44. The fraction of sp³-hybridized carbons (Fsp3) is 0.222. The van der Waals surface area contributed by atoms with Crippen molar-refractivity contribution in [1.29, 1.82) is 0 Å². The van der Waals surface area contributed by atoms with E-state index in [9.17, 15) is 0 Å². The molecule has 1 N–H and O–H groups in total. The van der Waals surface area contributed by atoms with Gasteiger partial charge in [0.2, 0.25) is 0 Å². The van der Waals surface area contributed by atoms with Gasteiger partial charge in [-0.15, -0.1) is 6.42 Å². The molecular formula is C18H17ClINO2. The molecular weight excluding hydrogens is 425 g/mol. The first-order chi connectivity index (χ1) is 11.1. The van der Waals surface area contributed by atoms with Crippen molar-refractivity contribution in [3.05, 3.63) is 50.1 Å². The molecule has 0 atom stereocenters. The number of rotatable bonds is 6. The summed E-state index contributed by atoms with van der Waals surface area (Å²) in [6.45, 7) is 2.86. The van der Waals surface area contributed by atoms with Crippen molar-refractivity contribution in [2.24, 2.45) is 0 Å². The van der Waals surface area contributed by atoms with Crippen LogP contribution in [0.4, 0.5) is 5.69 Å². The largest absolute Gasteiger partial charge is 0.493 e. The lowest BCUT2D eigenvalue weighted by Gasteiger charge is -2.15. The Morgan fingerprint density at radius 2 is 2.13 bits per heavy atom. The smallest absolute Gasteiger partial charge is 0.175 e. The molecule has 2 aromatic rings. The van der Waals surface area contributed by atoms with Gasteiger partial charge in [-0.3, -0.25) is 0 Å². The Morgan fingerprint density at radius 1 is 1.35 bits per heavy atom. The van der Waals surface area contributed by atoms with E-state index in [-0.39, 0.29) is 6.61 Å². The fourth-order valence-electron chi connectivity index (χ4n) is 2.13. The number of halogens is 2. The first-order valence-electron chi connectivity index (χ1n) is 6.98. The number of anilines is 1. The molecule has 0 amide bonds. The van der Waals surface area contributed by atoms with Crippen LogP contribution in [0.25, 0.3) is 0 Å². The molecule has 120 valence electrons. The van der Waals surface area contributed by atoms with Gasteiger partial charge < -0.3 is 14.8 Å². The molecule has 23 heavy (non-hydrogen) atoms. The average Bonchev–Trinajstić information content (AvgIpc) is 2.54. The normalized spacial score (nSPS) is 10.0. The summed E-state index contributed by atoms with van der Waals surface area (Å²) in [6.07, 6.45) is 5.25. The highest BCUT2D eigenvalue weighted by Gasteiger charge is 2.11. The number of nitrogens with one attached hydrogen (secondary N) is 1. The van der Waals surface area contributed by atoms with E-state index < -0.39 is 0 Å². The Hall–Kier alpha value is -1.58. The van der Waals surface area contributed by atoms with E-state index in [1.165, 1.54) is 0 Å². The molecule has 0 saturated carbocycles. The van der Waals surface area contributed by atoms with Crippen LogP contribution in [0.2, 0.25) is 5.02 Å². The number of terminal acetylenes is 1. The molecule has 0 aliphatic carbocycles. The van der Waals surface area contributed by atoms with Crippen molar-refractivity contribution >= 4 is 39.9 Å². The third kappa shape index (κ3) is 4.46. The minimum absolute atomic E-state index is 0.214. The topological polar surface area (TPSA) is 30.5 Å². The molecule has 5 heteroatoms. The number of hydrogen-bond acceptors (Lipinski definition) is 3. The quantitative estimate of drug-likeness (QED) is 0.512. The lowest BCUT2D eigenvalue weighted by atomic mass is 10.1. The second kappa shape index (κ2) is 8.32. The van der Waals surface area contributed by atoms with Crippen molar-refractivity contribution in [2.75, 3.05) is 19.0 Å². The number of hydrogen-bond donors (Lipinski definition) is 1. The van der Waals surface area contributed by atoms with Crippen molar-refractivity contribution in [3.63, 3.8) is 0 Å². The van der Waals surface area contributed by atoms with Crippen molar-refractivity contribution in [3.8, 4) is 23.8 Å². The van der Waals surface area contributed by atoms with E-state index in [4.69, 9.17) is 27.5 Å². The van der Waals surface area contributed by atoms with Gasteiger partial charge in [-0.2, -0.15) is 0 Å². The van der Waals surface area contributed by atoms with Gasteiger partial charge in [0, 0.05) is 17.3 Å². The zero-order valence-electron chi connectivity index (χ0n) is 13.0. The van der Waals surface area contributed by atoms with Gasteiger partial charge in [-0.1, -0.05) is 23.6 Å². The maximum atomic E-state index is 6.14. The minimum Gasteiger partial charge on any atom is -0.493 e. The predicted molar refractivity (Wildman–Crippen MR) is 104 cm³/mol. The van der Waals surface area contributed by atoms with E-state index in [2.05, 4.69) is 33.8 Å². The zero-order valence-corrected chi connectivity index (χ0v) is 15.9. The standard InChI is InChI=1S/C18H17ClINO2/c1-4-8-23-18-15(20)9-13(10-17(18)22-3)11-21-16-7-5-6-14(19)12(16)2/h1,5-7,9-10,21H,8,11H2,2-3H3. The van der Waals surface area contributed by atoms with Crippen LogP contribution < -0.4 is 14.8 Å². The molecule has 0 heterocycles. The number of ether oxygens (including phenoxy) is 2. The number of benzene rings is 2. The maximum absolute atomic E-state index is 6.14. The van der Waals surface area contributed by atoms with Gasteiger partial charge >= 0.3 is 0 Å². The molecule has 0 saturated heterocycles. The Morgan fingerprint density at radius 3 is 2.83 bits per heavy atom. The highest BCUT2D eigenvalue weighted by molar-refractivity contribution is 14.1. The molecule has 0 aromatic heterocycles. The summed E-state index contributed by atoms with van der Waals surface area (Å²) in [5, 5.41) is 4.14. The van der Waals surface area contributed by atoms with Crippen LogP contribution in [0, 0.1) is 22.8 Å². The van der Waals surface area contributed by atoms with Crippen molar-refractivity contribution < 1.29 is 9.47 Å². The van der Waals surface area contributed by atoms with Gasteiger partial charge in [0.15, 0.2) is 11.5 Å². The monoisotopic (exact) mass is 441 g/mol. The zero-order chi connectivity index (χ0) is 16.8. The molecule has 0 bridgehead atoms. The second-order valence-electron chi connectivity index (χ2n) is 4.87. The minimum atomic E-state index is 0.214. The van der Waals surface area contributed by atoms with E-state index in [0.29, 0.717) is 18.0 Å². The third-order valence-electron chi connectivity index (χ3n) is 3.34.